The minimum absolute atomic E-state index is 0.0101. The number of rotatable bonds is 8. The number of aliphatic hydroxyl groups is 1. The van der Waals surface area contributed by atoms with Gasteiger partial charge in [0.2, 0.25) is 5.65 Å². The maximum Gasteiger partial charge on any atom is 0.226 e. The molecule has 2 aromatic heterocycles. The molecule has 0 bridgehead atoms. The van der Waals surface area contributed by atoms with Crippen LogP contribution in [0.1, 0.15) is 59.0 Å². The Bertz CT molecular complexity index is 1520. The van der Waals surface area contributed by atoms with Crippen molar-refractivity contribution in [2.75, 3.05) is 0 Å². The van der Waals surface area contributed by atoms with Gasteiger partial charge >= 0.3 is 0 Å². The highest BCUT2D eigenvalue weighted by atomic mass is 16.5. The predicted octanol–water partition coefficient (Wildman–Crippen LogP) is 4.39. The Morgan fingerprint density at radius 2 is 1.89 bits per heavy atom. The van der Waals surface area contributed by atoms with Crippen molar-refractivity contribution in [2.45, 2.75) is 39.4 Å². The average molecular weight is 473 g/mol. The van der Waals surface area contributed by atoms with Crippen LogP contribution in [0.4, 0.5) is 0 Å². The van der Waals surface area contributed by atoms with Gasteiger partial charge in [-0.25, -0.2) is 0 Å². The van der Waals surface area contributed by atoms with E-state index in [9.17, 15) is 15.0 Å². The van der Waals surface area contributed by atoms with E-state index in [4.69, 9.17) is 9.26 Å². The highest BCUT2D eigenvalue weighted by molar-refractivity contribution is 5.97. The SMILES string of the molecule is CCCc1c(OCc2ccc(C(O)c3ccc4on5nnnc5c4c3)cc2)ccc(C(C)=O)c1O. The molecule has 5 rings (SSSR count). The first kappa shape index (κ1) is 22.5. The van der Waals surface area contributed by atoms with Crippen LogP contribution < -0.4 is 4.74 Å². The molecule has 1 atom stereocenters. The van der Waals surface area contributed by atoms with Crippen molar-refractivity contribution in [3.63, 3.8) is 0 Å². The fraction of sp³-hybridized carbons (Fsp3) is 0.231. The minimum Gasteiger partial charge on any atom is -0.507 e. The summed E-state index contributed by atoms with van der Waals surface area (Å²) in [4.78, 5) is 11.8. The van der Waals surface area contributed by atoms with Crippen LogP contribution in [0.3, 0.4) is 0 Å². The number of aromatic hydroxyl groups is 1. The first-order valence-corrected chi connectivity index (χ1v) is 11.3. The number of Topliss-reactive ketones (excluding diaryl/α,β-unsaturated/α-hetero) is 1. The van der Waals surface area contributed by atoms with E-state index < -0.39 is 6.10 Å². The minimum atomic E-state index is -0.840. The molecule has 35 heavy (non-hydrogen) atoms. The van der Waals surface area contributed by atoms with Crippen LogP contribution in [0.2, 0.25) is 0 Å². The van der Waals surface area contributed by atoms with E-state index in [1.807, 2.05) is 37.3 Å². The topological polar surface area (TPSA) is 123 Å². The third-order valence-electron chi connectivity index (χ3n) is 6.00. The van der Waals surface area contributed by atoms with Crippen LogP contribution in [0.25, 0.3) is 16.6 Å². The standard InChI is InChI=1S/C26H24N4O5/c1-3-4-20-22(12-10-19(15(2)31)25(20)33)34-14-16-5-7-17(8-6-16)24(32)18-9-11-23-21(13-18)26-27-28-29-30(26)35-23/h5-13,24,32-33H,3-4,14H2,1-2H3. The zero-order valence-corrected chi connectivity index (χ0v) is 19.3. The lowest BCUT2D eigenvalue weighted by atomic mass is 9.99. The number of carbonyl (C=O) groups excluding carboxylic acids is 1. The fourth-order valence-corrected chi connectivity index (χ4v) is 4.14. The van der Waals surface area contributed by atoms with Gasteiger partial charge in [-0.05, 0) is 64.7 Å². The van der Waals surface area contributed by atoms with Crippen LogP contribution in [0, 0.1) is 0 Å². The van der Waals surface area contributed by atoms with Crippen molar-refractivity contribution < 1.29 is 24.3 Å². The summed E-state index contributed by atoms with van der Waals surface area (Å²) in [6, 6.07) is 16.2. The Hall–Kier alpha value is -4.24. The van der Waals surface area contributed by atoms with Gasteiger partial charge in [0.15, 0.2) is 11.4 Å². The molecule has 0 radical (unpaired) electrons. The number of phenols is 1. The van der Waals surface area contributed by atoms with Gasteiger partial charge in [0, 0.05) is 5.56 Å². The molecule has 2 heterocycles. The van der Waals surface area contributed by atoms with E-state index in [1.165, 1.54) is 11.6 Å². The molecule has 9 heteroatoms. The number of benzene rings is 3. The van der Waals surface area contributed by atoms with E-state index >= 15 is 0 Å². The highest BCUT2D eigenvalue weighted by Crippen LogP contribution is 2.34. The Labute approximate surface area is 200 Å². The number of nitrogens with zero attached hydrogens (tertiary/aromatic N) is 4. The fourth-order valence-electron chi connectivity index (χ4n) is 4.14. The highest BCUT2D eigenvalue weighted by Gasteiger charge is 2.17. The monoisotopic (exact) mass is 472 g/mol. The van der Waals surface area contributed by atoms with Crippen molar-refractivity contribution in [1.82, 2.24) is 20.2 Å². The van der Waals surface area contributed by atoms with Gasteiger partial charge in [-0.3, -0.25) is 4.79 Å². The van der Waals surface area contributed by atoms with E-state index in [-0.39, 0.29) is 18.1 Å². The summed E-state index contributed by atoms with van der Waals surface area (Å²) in [5.41, 5.74) is 4.36. The van der Waals surface area contributed by atoms with Crippen molar-refractivity contribution in [3.8, 4) is 11.5 Å². The van der Waals surface area contributed by atoms with Crippen LogP contribution in [0.5, 0.6) is 11.5 Å². The lowest BCUT2D eigenvalue weighted by molar-refractivity contribution is 0.101. The number of hydrogen-bond acceptors (Lipinski definition) is 8. The van der Waals surface area contributed by atoms with E-state index in [0.29, 0.717) is 40.1 Å². The molecule has 9 nitrogen and oxygen atoms in total. The van der Waals surface area contributed by atoms with Gasteiger partial charge in [-0.15, -0.1) is 5.10 Å². The molecule has 3 aromatic carbocycles. The Balaban J connectivity index is 1.32. The van der Waals surface area contributed by atoms with Crippen LogP contribution in [-0.2, 0) is 13.0 Å². The molecule has 0 aliphatic heterocycles. The zero-order chi connectivity index (χ0) is 24.5. The largest absolute Gasteiger partial charge is 0.507 e. The predicted molar refractivity (Wildman–Crippen MR) is 127 cm³/mol. The molecule has 0 amide bonds. The first-order valence-electron chi connectivity index (χ1n) is 11.3. The number of aromatic nitrogens is 4. The molecule has 1 unspecified atom stereocenters. The molecule has 0 aliphatic carbocycles. The summed E-state index contributed by atoms with van der Waals surface area (Å²) in [6.45, 7) is 3.72. The number of aliphatic hydroxyl groups excluding tert-OH is 1. The molecule has 0 fully saturated rings. The van der Waals surface area contributed by atoms with Crippen molar-refractivity contribution in [1.29, 1.82) is 0 Å². The Morgan fingerprint density at radius 3 is 2.63 bits per heavy atom. The second-order valence-electron chi connectivity index (χ2n) is 8.40. The van der Waals surface area contributed by atoms with Gasteiger partial charge in [0.1, 0.15) is 24.2 Å². The lowest BCUT2D eigenvalue weighted by Gasteiger charge is -2.15. The summed E-state index contributed by atoms with van der Waals surface area (Å²) in [6.07, 6.45) is 0.570. The number of phenolic OH excluding ortho intramolecular Hbond substituents is 1. The molecule has 178 valence electrons. The number of hydrogen-bond donors (Lipinski definition) is 2. The molecular weight excluding hydrogens is 448 g/mol. The number of tetrazole rings is 1. The molecule has 0 saturated heterocycles. The summed E-state index contributed by atoms with van der Waals surface area (Å²) in [5.74, 6) is 0.361. The molecule has 0 saturated carbocycles. The maximum absolute atomic E-state index is 11.8. The summed E-state index contributed by atoms with van der Waals surface area (Å²) in [5, 5.41) is 33.5. The third kappa shape index (κ3) is 4.22. The number of carbonyl (C=O) groups is 1. The molecule has 0 spiro atoms. The van der Waals surface area contributed by atoms with Crippen LogP contribution in [-0.4, -0.2) is 36.2 Å². The third-order valence-corrected chi connectivity index (χ3v) is 6.00. The molecule has 0 aliphatic rings. The van der Waals surface area contributed by atoms with Crippen molar-refractivity contribution in [3.05, 3.63) is 82.4 Å². The lowest BCUT2D eigenvalue weighted by Crippen LogP contribution is -2.03. The Kier molecular flexibility index (Phi) is 5.92. The number of ether oxygens (including phenoxy) is 1. The Morgan fingerprint density at radius 1 is 1.11 bits per heavy atom. The van der Waals surface area contributed by atoms with Crippen LogP contribution >= 0.6 is 0 Å². The van der Waals surface area contributed by atoms with Gasteiger partial charge < -0.3 is 19.5 Å². The quantitative estimate of drug-likeness (QED) is 0.319. The van der Waals surface area contributed by atoms with E-state index in [0.717, 1.165) is 22.9 Å². The first-order chi connectivity index (χ1) is 17.0. The average Bonchev–Trinajstić information content (AvgIpc) is 3.45. The molecular formula is C26H24N4O5. The van der Waals surface area contributed by atoms with Gasteiger partial charge in [-0.2, -0.15) is 0 Å². The zero-order valence-electron chi connectivity index (χ0n) is 19.3. The molecule has 5 aromatic rings. The summed E-state index contributed by atoms with van der Waals surface area (Å²) in [7, 11) is 0. The van der Waals surface area contributed by atoms with Gasteiger partial charge in [0.05, 0.1) is 10.9 Å². The van der Waals surface area contributed by atoms with Crippen LogP contribution in [0.15, 0.2) is 59.1 Å². The maximum atomic E-state index is 11.8. The van der Waals surface area contributed by atoms with E-state index in [2.05, 4.69) is 15.5 Å². The van der Waals surface area contributed by atoms with E-state index in [1.54, 1.807) is 24.3 Å². The number of ketones is 1. The second kappa shape index (κ2) is 9.19. The van der Waals surface area contributed by atoms with Gasteiger partial charge in [-0.1, -0.05) is 48.4 Å². The molecule has 2 N–H and O–H groups in total. The van der Waals surface area contributed by atoms with Gasteiger partial charge in [0.25, 0.3) is 0 Å². The smallest absolute Gasteiger partial charge is 0.226 e. The number of fused-ring (bicyclic) bond motifs is 3. The van der Waals surface area contributed by atoms with Crippen molar-refractivity contribution >= 4 is 22.4 Å². The summed E-state index contributed by atoms with van der Waals surface area (Å²) < 4.78 is 12.7. The summed E-state index contributed by atoms with van der Waals surface area (Å²) >= 11 is 0. The van der Waals surface area contributed by atoms with Crippen molar-refractivity contribution in [2.24, 2.45) is 0 Å². The second-order valence-corrected chi connectivity index (χ2v) is 8.40. The normalized spacial score (nSPS) is 12.3.